The zero-order chi connectivity index (χ0) is 7.98. The maximum Gasteiger partial charge on any atom is 0.421 e. The summed E-state index contributed by atoms with van der Waals surface area (Å²) in [5.74, 6) is -1.61. The molecule has 0 amide bonds. The van der Waals surface area contributed by atoms with Gasteiger partial charge in [0.25, 0.3) is 0 Å². The van der Waals surface area contributed by atoms with E-state index in [2.05, 4.69) is 9.53 Å². The number of ether oxygens (including phenoxy) is 1. The number of hydrogen-bond donors (Lipinski definition) is 0. The normalized spacial score (nSPS) is 7.70. The molecule has 0 bridgehead atoms. The molecule has 0 spiro atoms. The highest BCUT2D eigenvalue weighted by molar-refractivity contribution is 6.23. The lowest BCUT2D eigenvalue weighted by molar-refractivity contribution is -0.156. The lowest BCUT2D eigenvalue weighted by Crippen LogP contribution is -2.12. The Hall–Kier alpha value is -1.48. The molecule has 54 valence electrons. The van der Waals surface area contributed by atoms with E-state index < -0.39 is 11.9 Å². The SMILES string of the molecule is CCC(=O)OC(=O)C=[N+]=[N-]. The first-order valence-electron chi connectivity index (χ1n) is 2.62. The second-order valence-corrected chi connectivity index (χ2v) is 1.39. The Morgan fingerprint density at radius 3 is 2.70 bits per heavy atom. The number of rotatable bonds is 2. The van der Waals surface area contributed by atoms with Gasteiger partial charge in [0, 0.05) is 6.42 Å². The van der Waals surface area contributed by atoms with Crippen molar-refractivity contribution < 1.29 is 19.1 Å². The minimum Gasteiger partial charge on any atom is -0.385 e. The number of esters is 2. The molecular formula is C5H6N2O3. The van der Waals surface area contributed by atoms with Crippen LogP contribution in [0.25, 0.3) is 5.53 Å². The van der Waals surface area contributed by atoms with Crippen LogP contribution in [0.4, 0.5) is 0 Å². The van der Waals surface area contributed by atoms with E-state index in [-0.39, 0.29) is 6.42 Å². The van der Waals surface area contributed by atoms with Gasteiger partial charge in [0.15, 0.2) is 0 Å². The van der Waals surface area contributed by atoms with Crippen molar-refractivity contribution in [3.05, 3.63) is 5.53 Å². The summed E-state index contributed by atoms with van der Waals surface area (Å²) in [6.07, 6.45) is 0.624. The topological polar surface area (TPSA) is 79.8 Å². The van der Waals surface area contributed by atoms with Crippen LogP contribution in [0.1, 0.15) is 13.3 Å². The van der Waals surface area contributed by atoms with Gasteiger partial charge in [0.05, 0.1) is 0 Å². The van der Waals surface area contributed by atoms with Gasteiger partial charge in [-0.25, -0.2) is 4.79 Å². The molecule has 0 aliphatic heterocycles. The Morgan fingerprint density at radius 1 is 1.70 bits per heavy atom. The minimum absolute atomic E-state index is 0.116. The molecule has 0 aromatic heterocycles. The number of carbonyl (C=O) groups excluding carboxylic acids is 2. The molecule has 5 nitrogen and oxygen atoms in total. The molecule has 0 heterocycles. The van der Waals surface area contributed by atoms with Crippen molar-refractivity contribution in [1.82, 2.24) is 0 Å². The Balaban J connectivity index is 3.79. The highest BCUT2D eigenvalue weighted by Gasteiger charge is 2.07. The van der Waals surface area contributed by atoms with E-state index in [4.69, 9.17) is 5.53 Å². The van der Waals surface area contributed by atoms with Crippen molar-refractivity contribution in [2.75, 3.05) is 0 Å². The van der Waals surface area contributed by atoms with Crippen molar-refractivity contribution in [2.24, 2.45) is 0 Å². The summed E-state index contributed by atoms with van der Waals surface area (Å²) in [6.45, 7) is 1.55. The van der Waals surface area contributed by atoms with Gasteiger partial charge in [0.2, 0.25) is 0 Å². The maximum absolute atomic E-state index is 10.3. The summed E-state index contributed by atoms with van der Waals surface area (Å²) in [5.41, 5.74) is 7.78. The zero-order valence-corrected chi connectivity index (χ0v) is 5.40. The molecule has 0 aliphatic rings. The van der Waals surface area contributed by atoms with Gasteiger partial charge in [-0.05, 0) is 0 Å². The molecule has 0 N–H and O–H groups in total. The monoisotopic (exact) mass is 142 g/mol. The van der Waals surface area contributed by atoms with E-state index in [0.29, 0.717) is 6.21 Å². The molecule has 0 radical (unpaired) electrons. The lowest BCUT2D eigenvalue weighted by atomic mass is 10.5. The molecule has 0 aromatic carbocycles. The minimum atomic E-state index is -0.964. The molecule has 5 heteroatoms. The van der Waals surface area contributed by atoms with Gasteiger partial charge < -0.3 is 10.3 Å². The molecule has 0 aromatic rings. The van der Waals surface area contributed by atoms with Gasteiger partial charge in [-0.1, -0.05) is 6.92 Å². The highest BCUT2D eigenvalue weighted by Crippen LogP contribution is 1.82. The fourth-order valence-corrected chi connectivity index (χ4v) is 0.258. The molecule has 0 atom stereocenters. The first-order chi connectivity index (χ1) is 4.70. The first-order valence-corrected chi connectivity index (χ1v) is 2.62. The molecule has 0 saturated heterocycles. The van der Waals surface area contributed by atoms with Crippen LogP contribution >= 0.6 is 0 Å². The van der Waals surface area contributed by atoms with Gasteiger partial charge >= 0.3 is 18.2 Å². The van der Waals surface area contributed by atoms with Crippen LogP contribution in [0.15, 0.2) is 0 Å². The highest BCUT2D eigenvalue weighted by atomic mass is 16.6. The van der Waals surface area contributed by atoms with Gasteiger partial charge in [0.1, 0.15) is 0 Å². The Morgan fingerprint density at radius 2 is 2.30 bits per heavy atom. The second kappa shape index (κ2) is 4.40. The van der Waals surface area contributed by atoms with Crippen LogP contribution in [0, 0.1) is 0 Å². The molecule has 10 heavy (non-hydrogen) atoms. The standard InChI is InChI=1S/C5H6N2O3/c1-2-4(8)10-5(9)3-7-6/h3H,2H2,1H3. The van der Waals surface area contributed by atoms with Crippen LogP contribution in [0.5, 0.6) is 0 Å². The predicted molar refractivity (Wildman–Crippen MR) is 31.1 cm³/mol. The van der Waals surface area contributed by atoms with Crippen molar-refractivity contribution >= 4 is 18.2 Å². The molecule has 0 rings (SSSR count). The summed E-state index contributed by atoms with van der Waals surface area (Å²) >= 11 is 0. The molecule has 0 unspecified atom stereocenters. The van der Waals surface area contributed by atoms with E-state index in [1.54, 1.807) is 6.92 Å². The average Bonchev–Trinajstić information content (AvgIpc) is 1.88. The number of nitrogens with zero attached hydrogens (tertiary/aromatic N) is 2. The molecule has 0 aliphatic carbocycles. The van der Waals surface area contributed by atoms with Gasteiger partial charge in [-0.3, -0.25) is 4.79 Å². The van der Waals surface area contributed by atoms with E-state index in [0.717, 1.165) is 0 Å². The Labute approximate surface area is 57.2 Å². The Bertz CT molecular complexity index is 193. The third kappa shape index (κ3) is 3.51. The largest absolute Gasteiger partial charge is 0.421 e. The zero-order valence-electron chi connectivity index (χ0n) is 5.40. The van der Waals surface area contributed by atoms with Crippen LogP contribution in [-0.4, -0.2) is 22.9 Å². The fourth-order valence-electron chi connectivity index (χ4n) is 0.258. The van der Waals surface area contributed by atoms with Crippen LogP contribution in [0.2, 0.25) is 0 Å². The van der Waals surface area contributed by atoms with Crippen molar-refractivity contribution in [3.8, 4) is 0 Å². The van der Waals surface area contributed by atoms with Crippen LogP contribution < -0.4 is 0 Å². The van der Waals surface area contributed by atoms with Crippen LogP contribution in [-0.2, 0) is 14.3 Å². The summed E-state index contributed by atoms with van der Waals surface area (Å²) in [4.78, 5) is 22.9. The first kappa shape index (κ1) is 8.52. The van der Waals surface area contributed by atoms with Gasteiger partial charge in [-0.2, -0.15) is 4.79 Å². The smallest absolute Gasteiger partial charge is 0.385 e. The van der Waals surface area contributed by atoms with E-state index >= 15 is 0 Å². The summed E-state index contributed by atoms with van der Waals surface area (Å²) in [6, 6.07) is 0. The van der Waals surface area contributed by atoms with Gasteiger partial charge in [-0.15, -0.1) is 0 Å². The third-order valence-electron chi connectivity index (χ3n) is 0.666. The average molecular weight is 142 g/mol. The number of hydrogen-bond acceptors (Lipinski definition) is 3. The van der Waals surface area contributed by atoms with E-state index in [1.807, 2.05) is 0 Å². The predicted octanol–water partition coefficient (Wildman–Crippen LogP) is -0.233. The van der Waals surface area contributed by atoms with E-state index in [9.17, 15) is 9.59 Å². The van der Waals surface area contributed by atoms with Crippen molar-refractivity contribution in [3.63, 3.8) is 0 Å². The number of carbonyl (C=O) groups is 2. The summed E-state index contributed by atoms with van der Waals surface area (Å²) < 4.78 is 4.05. The summed E-state index contributed by atoms with van der Waals surface area (Å²) in [5, 5.41) is 0. The van der Waals surface area contributed by atoms with E-state index in [1.165, 1.54) is 0 Å². The lowest BCUT2D eigenvalue weighted by Gasteiger charge is -1.90. The molecule has 0 saturated carbocycles. The fraction of sp³-hybridized carbons (Fsp3) is 0.400. The maximum atomic E-state index is 10.3. The summed E-state index contributed by atoms with van der Waals surface area (Å²) in [7, 11) is 0. The Kier molecular flexibility index (Phi) is 3.75. The molecular weight excluding hydrogens is 136 g/mol. The third-order valence-corrected chi connectivity index (χ3v) is 0.666. The van der Waals surface area contributed by atoms with Crippen molar-refractivity contribution in [1.29, 1.82) is 0 Å². The second-order valence-electron chi connectivity index (χ2n) is 1.39. The quantitative estimate of drug-likeness (QED) is 0.175. The van der Waals surface area contributed by atoms with Crippen LogP contribution in [0.3, 0.4) is 0 Å². The molecule has 0 fully saturated rings. The van der Waals surface area contributed by atoms with Crippen molar-refractivity contribution in [2.45, 2.75) is 13.3 Å².